The molecule has 0 aromatic heterocycles. The van der Waals surface area contributed by atoms with Crippen molar-refractivity contribution in [3.05, 3.63) is 0 Å². The Labute approximate surface area is 63.0 Å². The van der Waals surface area contributed by atoms with E-state index < -0.39 is 23.9 Å². The van der Waals surface area contributed by atoms with Gasteiger partial charge in [-0.1, -0.05) is 0 Å². The Morgan fingerprint density at radius 2 is 1.90 bits per heavy atom. The van der Waals surface area contributed by atoms with Crippen molar-refractivity contribution in [1.82, 2.24) is 0 Å². The Balaban J connectivity index is 2.52. The maximum Gasteiger partial charge on any atom is 0.182 e. The number of rotatable bonds is 0. The van der Waals surface area contributed by atoms with E-state index in [1.165, 1.54) is 0 Å². The predicted molar refractivity (Wildman–Crippen MR) is 33.6 cm³/mol. The largest absolute Gasteiger partial charge is 0.389 e. The lowest BCUT2D eigenvalue weighted by atomic mass is 10.1. The zero-order valence-electron chi connectivity index (χ0n) is 5.14. The number of aliphatic hydroxyl groups excluding tert-OH is 3. The molecule has 1 saturated heterocycles. The van der Waals surface area contributed by atoms with E-state index in [9.17, 15) is 0 Å². The summed E-state index contributed by atoms with van der Waals surface area (Å²) in [5.41, 5.74) is 0. The van der Waals surface area contributed by atoms with Crippen LogP contribution in [-0.2, 0) is 4.74 Å². The van der Waals surface area contributed by atoms with Crippen LogP contribution in [0.2, 0.25) is 0 Å². The molecule has 0 saturated carbocycles. The molecule has 1 heterocycles. The lowest BCUT2D eigenvalue weighted by Gasteiger charge is -2.31. The van der Waals surface area contributed by atoms with E-state index in [1.54, 1.807) is 0 Å². The van der Waals surface area contributed by atoms with Crippen molar-refractivity contribution in [3.63, 3.8) is 0 Å². The molecule has 1 rings (SSSR count). The van der Waals surface area contributed by atoms with Gasteiger partial charge in [0.15, 0.2) is 6.29 Å². The van der Waals surface area contributed by atoms with E-state index in [0.717, 1.165) is 0 Å². The Hall–Kier alpha value is 0.130. The molecular weight excluding hydrogens is 160 g/mol. The third-order valence-corrected chi connectivity index (χ3v) is 1.97. The van der Waals surface area contributed by atoms with Crippen molar-refractivity contribution < 1.29 is 20.1 Å². The van der Waals surface area contributed by atoms with E-state index in [4.69, 9.17) is 26.9 Å². The van der Waals surface area contributed by atoms with Crippen molar-refractivity contribution in [3.8, 4) is 0 Å². The Kier molecular flexibility index (Phi) is 2.49. The van der Waals surface area contributed by atoms with E-state index >= 15 is 0 Å². The van der Waals surface area contributed by atoms with Crippen molar-refractivity contribution in [1.29, 1.82) is 0 Å². The van der Waals surface area contributed by atoms with Gasteiger partial charge in [0.2, 0.25) is 0 Å². The summed E-state index contributed by atoms with van der Waals surface area (Å²) in [4.78, 5) is 0. The summed E-state index contributed by atoms with van der Waals surface area (Å²) in [6.07, 6.45) is -3.38. The molecule has 0 unspecified atom stereocenters. The van der Waals surface area contributed by atoms with Gasteiger partial charge in [-0.05, 0) is 0 Å². The molecule has 0 bridgehead atoms. The third-order valence-electron chi connectivity index (χ3n) is 1.42. The van der Waals surface area contributed by atoms with E-state index in [-0.39, 0.29) is 6.61 Å². The molecule has 1 fully saturated rings. The predicted octanol–water partition coefficient (Wildman–Crippen LogP) is -1.34. The highest BCUT2D eigenvalue weighted by Crippen LogP contribution is 2.18. The highest BCUT2D eigenvalue weighted by molar-refractivity contribution is 6.21. The summed E-state index contributed by atoms with van der Waals surface area (Å²) in [6, 6.07) is 0. The summed E-state index contributed by atoms with van der Waals surface area (Å²) >= 11 is 5.47. The van der Waals surface area contributed by atoms with Crippen molar-refractivity contribution in [2.24, 2.45) is 0 Å². The zero-order valence-corrected chi connectivity index (χ0v) is 5.90. The smallest absolute Gasteiger partial charge is 0.182 e. The first-order valence-electron chi connectivity index (χ1n) is 2.93. The lowest BCUT2D eigenvalue weighted by molar-refractivity contribution is -0.209. The SMILES string of the molecule is O[C@H]1[C@@H](Cl)[C@H](O)CO[C@@H]1O. The minimum absolute atomic E-state index is 0.0353. The molecule has 0 radical (unpaired) electrons. The summed E-state index contributed by atoms with van der Waals surface area (Å²) in [5, 5.41) is 25.8. The van der Waals surface area contributed by atoms with Crippen LogP contribution in [0.25, 0.3) is 0 Å². The number of halogens is 1. The first-order chi connectivity index (χ1) is 4.63. The number of alkyl halides is 1. The average Bonchev–Trinajstić information content (AvgIpc) is 1.93. The second kappa shape index (κ2) is 3.02. The van der Waals surface area contributed by atoms with Gasteiger partial charge in [0, 0.05) is 0 Å². The maximum absolute atomic E-state index is 8.95. The minimum atomic E-state index is -1.27. The second-order valence-corrected chi connectivity index (χ2v) is 2.73. The van der Waals surface area contributed by atoms with Crippen molar-refractivity contribution >= 4 is 11.6 Å². The van der Waals surface area contributed by atoms with Crippen molar-refractivity contribution in [2.45, 2.75) is 23.9 Å². The molecule has 4 nitrogen and oxygen atoms in total. The van der Waals surface area contributed by atoms with Gasteiger partial charge in [0.05, 0.1) is 18.1 Å². The van der Waals surface area contributed by atoms with Gasteiger partial charge in [-0.2, -0.15) is 0 Å². The quantitative estimate of drug-likeness (QED) is 0.392. The van der Waals surface area contributed by atoms with E-state index in [0.29, 0.717) is 0 Å². The van der Waals surface area contributed by atoms with E-state index in [2.05, 4.69) is 4.74 Å². The van der Waals surface area contributed by atoms with Gasteiger partial charge >= 0.3 is 0 Å². The number of hydrogen-bond acceptors (Lipinski definition) is 4. The van der Waals surface area contributed by atoms with Gasteiger partial charge < -0.3 is 20.1 Å². The molecule has 0 spiro atoms. The van der Waals surface area contributed by atoms with Crippen LogP contribution in [0.1, 0.15) is 0 Å². The topological polar surface area (TPSA) is 69.9 Å². The third kappa shape index (κ3) is 1.41. The van der Waals surface area contributed by atoms with Crippen LogP contribution in [0.3, 0.4) is 0 Å². The Bertz CT molecular complexity index is 106. The van der Waals surface area contributed by atoms with Crippen molar-refractivity contribution in [2.75, 3.05) is 6.61 Å². The fourth-order valence-electron chi connectivity index (χ4n) is 0.773. The first-order valence-corrected chi connectivity index (χ1v) is 3.36. The average molecular weight is 169 g/mol. The minimum Gasteiger partial charge on any atom is -0.389 e. The molecule has 60 valence electrons. The standard InChI is InChI=1S/C5H9ClO4/c6-3-2(7)1-10-5(9)4(3)8/h2-5,7-9H,1H2/t2-,3+,4+,5+/m1/s1. The van der Waals surface area contributed by atoms with Crippen LogP contribution in [0.15, 0.2) is 0 Å². The molecule has 0 aromatic rings. The van der Waals surface area contributed by atoms with E-state index in [1.807, 2.05) is 0 Å². The summed E-state index contributed by atoms with van der Waals surface area (Å²) in [7, 11) is 0. The molecule has 4 atom stereocenters. The van der Waals surface area contributed by atoms with Gasteiger partial charge in [-0.25, -0.2) is 0 Å². The highest BCUT2D eigenvalue weighted by atomic mass is 35.5. The van der Waals surface area contributed by atoms with Crippen LogP contribution < -0.4 is 0 Å². The van der Waals surface area contributed by atoms with Gasteiger partial charge in [0.25, 0.3) is 0 Å². The summed E-state index contributed by atoms with van der Waals surface area (Å²) in [6.45, 7) is -0.0353. The Morgan fingerprint density at radius 1 is 1.30 bits per heavy atom. The molecule has 1 aliphatic heterocycles. The fourth-order valence-corrected chi connectivity index (χ4v) is 0.970. The molecule has 1 aliphatic rings. The maximum atomic E-state index is 8.95. The fraction of sp³-hybridized carbons (Fsp3) is 1.00. The molecular formula is C5H9ClO4. The molecule has 10 heavy (non-hydrogen) atoms. The lowest BCUT2D eigenvalue weighted by Crippen LogP contribution is -2.50. The molecule has 3 N–H and O–H groups in total. The summed E-state index contributed by atoms with van der Waals surface area (Å²) < 4.78 is 4.54. The molecule has 5 heteroatoms. The highest BCUT2D eigenvalue weighted by Gasteiger charge is 2.36. The van der Waals surface area contributed by atoms with Crippen LogP contribution in [0, 0.1) is 0 Å². The van der Waals surface area contributed by atoms with Gasteiger partial charge in [-0.15, -0.1) is 11.6 Å². The normalized spacial score (nSPS) is 49.2. The van der Waals surface area contributed by atoms with Crippen LogP contribution >= 0.6 is 11.6 Å². The monoisotopic (exact) mass is 168 g/mol. The molecule has 0 aliphatic carbocycles. The summed E-state index contributed by atoms with van der Waals surface area (Å²) in [5.74, 6) is 0. The molecule has 0 amide bonds. The van der Waals surface area contributed by atoms with Gasteiger partial charge in [-0.3, -0.25) is 0 Å². The van der Waals surface area contributed by atoms with Crippen LogP contribution in [0.4, 0.5) is 0 Å². The van der Waals surface area contributed by atoms with Crippen LogP contribution in [0.5, 0.6) is 0 Å². The Morgan fingerprint density at radius 3 is 2.40 bits per heavy atom. The van der Waals surface area contributed by atoms with Gasteiger partial charge in [0.1, 0.15) is 6.10 Å². The zero-order chi connectivity index (χ0) is 7.72. The first kappa shape index (κ1) is 8.23. The molecule has 0 aromatic carbocycles. The van der Waals surface area contributed by atoms with Crippen LogP contribution in [-0.4, -0.2) is 45.8 Å². The second-order valence-electron chi connectivity index (χ2n) is 2.23. The number of aliphatic hydroxyl groups is 3. The number of hydrogen-bond donors (Lipinski definition) is 3. The number of ether oxygens (including phenoxy) is 1.